The van der Waals surface area contributed by atoms with Crippen molar-refractivity contribution in [2.24, 2.45) is 0 Å². The maximum Gasteiger partial charge on any atom is 0.252 e. The summed E-state index contributed by atoms with van der Waals surface area (Å²) in [5, 5.41) is 5.45. The van der Waals surface area contributed by atoms with Crippen molar-refractivity contribution in [1.29, 1.82) is 0 Å². The van der Waals surface area contributed by atoms with Gasteiger partial charge >= 0.3 is 0 Å². The predicted octanol–water partition coefficient (Wildman–Crippen LogP) is 8.51. The van der Waals surface area contributed by atoms with Crippen molar-refractivity contribution in [2.45, 2.75) is 6.92 Å². The molecule has 0 saturated carbocycles. The number of para-hydroxylation sites is 2. The van der Waals surface area contributed by atoms with Gasteiger partial charge in [0.15, 0.2) is 0 Å². The number of rotatable bonds is 1. The first-order chi connectivity index (χ1) is 21.8. The second-order valence-corrected chi connectivity index (χ2v) is 12.6. The molecule has 7 aromatic carbocycles. The van der Waals surface area contributed by atoms with Gasteiger partial charge in [-0.25, -0.2) is 0 Å². The van der Waals surface area contributed by atoms with Gasteiger partial charge in [0.05, 0.1) is 11.0 Å². The van der Waals surface area contributed by atoms with Gasteiger partial charge < -0.3 is 9.47 Å². The number of aromatic nitrogens is 1. The summed E-state index contributed by atoms with van der Waals surface area (Å²) in [5.41, 5.74) is 18.4. The molecule has 3 heterocycles. The van der Waals surface area contributed by atoms with Crippen molar-refractivity contribution in [3.05, 3.63) is 139 Å². The van der Waals surface area contributed by atoms with Gasteiger partial charge in [-0.3, -0.25) is 0 Å². The first-order valence-corrected chi connectivity index (χ1v) is 15.5. The van der Waals surface area contributed by atoms with Crippen molar-refractivity contribution in [2.75, 3.05) is 4.90 Å². The molecule has 0 saturated heterocycles. The van der Waals surface area contributed by atoms with Crippen LogP contribution in [0.2, 0.25) is 0 Å². The predicted molar refractivity (Wildman–Crippen MR) is 187 cm³/mol. The van der Waals surface area contributed by atoms with Crippen LogP contribution in [0, 0.1) is 6.92 Å². The van der Waals surface area contributed by atoms with Crippen LogP contribution in [0.3, 0.4) is 0 Å². The second-order valence-electron chi connectivity index (χ2n) is 12.6. The summed E-state index contributed by atoms with van der Waals surface area (Å²) in [4.78, 5) is 2.48. The van der Waals surface area contributed by atoms with Crippen LogP contribution in [0.4, 0.5) is 17.1 Å². The molecule has 1 aromatic heterocycles. The van der Waals surface area contributed by atoms with Gasteiger partial charge in [0.1, 0.15) is 0 Å². The van der Waals surface area contributed by atoms with Crippen LogP contribution in [0.25, 0.3) is 60.5 Å². The highest BCUT2D eigenvalue weighted by molar-refractivity contribution is 7.00. The number of nitrogens with zero attached hydrogens (tertiary/aromatic N) is 2. The van der Waals surface area contributed by atoms with Gasteiger partial charge in [0, 0.05) is 33.5 Å². The van der Waals surface area contributed by atoms with E-state index in [0.29, 0.717) is 0 Å². The summed E-state index contributed by atoms with van der Waals surface area (Å²) in [6.07, 6.45) is 0. The molecule has 0 bridgehead atoms. The molecule has 3 aliphatic rings. The number of benzene rings is 7. The Bertz CT molecular complexity index is 2580. The SMILES string of the molecule is Cc1cc2c3c(c1)-n1c4cccc5c4c4c6c(cccc6cc(c41)B3c1ccccc1N2c1ccccc1)-c1ccccc1-5. The van der Waals surface area contributed by atoms with Gasteiger partial charge in [-0.1, -0.05) is 97.1 Å². The Balaban J connectivity index is 1.40. The van der Waals surface area contributed by atoms with Crippen LogP contribution in [-0.4, -0.2) is 11.3 Å². The van der Waals surface area contributed by atoms with E-state index in [4.69, 9.17) is 0 Å². The van der Waals surface area contributed by atoms with Crippen molar-refractivity contribution in [3.8, 4) is 27.9 Å². The maximum atomic E-state index is 2.60. The Morgan fingerprint density at radius 3 is 2.02 bits per heavy atom. The topological polar surface area (TPSA) is 8.17 Å². The number of aryl methyl sites for hydroxylation is 1. The second kappa shape index (κ2) is 7.89. The number of hydrogen-bond donors (Lipinski definition) is 0. The Morgan fingerprint density at radius 1 is 0.500 bits per heavy atom. The van der Waals surface area contributed by atoms with Gasteiger partial charge in [-0.2, -0.15) is 0 Å². The molecule has 0 fully saturated rings. The average molecular weight is 556 g/mol. The molecule has 3 heteroatoms. The number of anilines is 3. The summed E-state index contributed by atoms with van der Waals surface area (Å²) in [7, 11) is 0. The third-order valence-corrected chi connectivity index (χ3v) is 10.3. The Kier molecular flexibility index (Phi) is 4.12. The van der Waals surface area contributed by atoms with Crippen LogP contribution >= 0.6 is 0 Å². The summed E-state index contributed by atoms with van der Waals surface area (Å²) in [6.45, 7) is 2.38. The van der Waals surface area contributed by atoms with E-state index in [1.807, 2.05) is 0 Å². The molecule has 202 valence electrons. The molecule has 0 spiro atoms. The Morgan fingerprint density at radius 2 is 1.18 bits per heavy atom. The molecule has 0 atom stereocenters. The van der Waals surface area contributed by atoms with Gasteiger partial charge in [-0.05, 0) is 98.3 Å². The molecule has 44 heavy (non-hydrogen) atoms. The molecule has 1 aliphatic carbocycles. The largest absolute Gasteiger partial charge is 0.311 e. The molecule has 0 radical (unpaired) electrons. The molecular formula is C41H25BN2. The molecule has 2 nitrogen and oxygen atoms in total. The average Bonchev–Trinajstić information content (AvgIpc) is 3.36. The fraction of sp³-hybridized carbons (Fsp3) is 0.0244. The van der Waals surface area contributed by atoms with Crippen LogP contribution in [0.1, 0.15) is 5.56 Å². The van der Waals surface area contributed by atoms with Crippen LogP contribution in [0.5, 0.6) is 0 Å². The number of fused-ring (bicyclic) bond motifs is 8. The van der Waals surface area contributed by atoms with E-state index in [-0.39, 0.29) is 6.71 Å². The van der Waals surface area contributed by atoms with Gasteiger partial charge in [0.25, 0.3) is 6.71 Å². The van der Waals surface area contributed by atoms with Gasteiger partial charge in [0.2, 0.25) is 0 Å². The minimum atomic E-state index is 0.135. The minimum absolute atomic E-state index is 0.135. The van der Waals surface area contributed by atoms with E-state index in [1.165, 1.54) is 99.5 Å². The highest BCUT2D eigenvalue weighted by Crippen LogP contribution is 2.50. The van der Waals surface area contributed by atoms with Crippen molar-refractivity contribution in [1.82, 2.24) is 4.57 Å². The van der Waals surface area contributed by atoms with E-state index in [9.17, 15) is 0 Å². The van der Waals surface area contributed by atoms with Crippen molar-refractivity contribution >= 4 is 72.7 Å². The van der Waals surface area contributed by atoms with E-state index >= 15 is 0 Å². The third kappa shape index (κ3) is 2.61. The molecule has 0 unspecified atom stereocenters. The smallest absolute Gasteiger partial charge is 0.252 e. The maximum absolute atomic E-state index is 2.60. The Hall–Kier alpha value is -5.54. The Labute approximate surface area is 255 Å². The molecular weight excluding hydrogens is 531 g/mol. The van der Waals surface area contributed by atoms with E-state index in [1.54, 1.807) is 0 Å². The summed E-state index contributed by atoms with van der Waals surface area (Å²) in [5.74, 6) is 0. The molecule has 11 rings (SSSR count). The molecule has 2 aliphatic heterocycles. The van der Waals surface area contributed by atoms with Crippen LogP contribution in [0.15, 0.2) is 133 Å². The van der Waals surface area contributed by atoms with E-state index in [2.05, 4.69) is 150 Å². The molecule has 0 amide bonds. The lowest BCUT2D eigenvalue weighted by Gasteiger charge is -2.40. The number of hydrogen-bond acceptors (Lipinski definition) is 1. The zero-order chi connectivity index (χ0) is 28.7. The third-order valence-electron chi connectivity index (χ3n) is 10.3. The normalized spacial score (nSPS) is 13.5. The van der Waals surface area contributed by atoms with E-state index < -0.39 is 0 Å². The van der Waals surface area contributed by atoms with Crippen LogP contribution in [-0.2, 0) is 0 Å². The lowest BCUT2D eigenvalue weighted by Crippen LogP contribution is -2.60. The zero-order valence-electron chi connectivity index (χ0n) is 24.2. The standard InChI is InChI=1S/C41H25BN2/c1-24-21-35-40-36(22-24)44-34-20-10-17-30-28-15-6-5-14-27(28)29-16-9-11-25-23-32(41(44)39(37(25)29)38(30)34)42(40)31-18-7-8-19-33(31)43(35)26-12-3-2-4-13-26/h2-23H,1H3. The van der Waals surface area contributed by atoms with E-state index in [0.717, 1.165) is 0 Å². The first kappa shape index (κ1) is 23.0. The molecule has 8 aromatic rings. The van der Waals surface area contributed by atoms with Crippen LogP contribution < -0.4 is 21.3 Å². The first-order valence-electron chi connectivity index (χ1n) is 15.5. The fourth-order valence-electron chi connectivity index (χ4n) is 8.76. The zero-order valence-corrected chi connectivity index (χ0v) is 24.2. The quantitative estimate of drug-likeness (QED) is 0.184. The monoisotopic (exact) mass is 556 g/mol. The summed E-state index contributed by atoms with van der Waals surface area (Å²) < 4.78 is 2.60. The summed E-state index contributed by atoms with van der Waals surface area (Å²) in [6, 6.07) is 50.0. The lowest BCUT2D eigenvalue weighted by molar-refractivity contribution is 1.17. The lowest BCUT2D eigenvalue weighted by atomic mass is 9.33. The molecule has 0 N–H and O–H groups in total. The summed E-state index contributed by atoms with van der Waals surface area (Å²) >= 11 is 0. The fourth-order valence-corrected chi connectivity index (χ4v) is 8.76. The highest BCUT2D eigenvalue weighted by Gasteiger charge is 2.43. The van der Waals surface area contributed by atoms with Crippen molar-refractivity contribution in [3.63, 3.8) is 0 Å². The van der Waals surface area contributed by atoms with Gasteiger partial charge in [-0.15, -0.1) is 0 Å². The minimum Gasteiger partial charge on any atom is -0.311 e. The van der Waals surface area contributed by atoms with Crippen molar-refractivity contribution < 1.29 is 0 Å². The highest BCUT2D eigenvalue weighted by atomic mass is 15.2.